The maximum Gasteiger partial charge on any atom is 0.409 e. The minimum Gasteiger partial charge on any atom is -0.453 e. The molecule has 0 radical (unpaired) electrons. The Morgan fingerprint density at radius 1 is 1.14 bits per heavy atom. The normalized spacial score (nSPS) is 15.2. The van der Waals surface area contributed by atoms with E-state index in [1.165, 1.54) is 7.11 Å². The number of ether oxygens (including phenoxy) is 1. The number of aromatic nitrogens is 2. The molecule has 116 valence electrons. The Hall–Kier alpha value is -2.57. The lowest BCUT2D eigenvalue weighted by atomic mass is 10.1. The number of amides is 2. The molecule has 0 aliphatic carbocycles. The molecule has 2 aromatic rings. The van der Waals surface area contributed by atoms with Crippen molar-refractivity contribution in [1.82, 2.24) is 19.4 Å². The van der Waals surface area contributed by atoms with E-state index < -0.39 is 0 Å². The number of carbonyl (C=O) groups excluding carboxylic acids is 2. The Balaban J connectivity index is 1.72. The molecule has 1 saturated heterocycles. The van der Waals surface area contributed by atoms with E-state index in [9.17, 15) is 9.59 Å². The molecule has 1 aliphatic rings. The lowest BCUT2D eigenvalue weighted by Crippen LogP contribution is -2.50. The van der Waals surface area contributed by atoms with Crippen molar-refractivity contribution in [2.75, 3.05) is 33.3 Å². The third kappa shape index (κ3) is 2.49. The van der Waals surface area contributed by atoms with E-state index >= 15 is 0 Å². The molecule has 0 bridgehead atoms. The highest BCUT2D eigenvalue weighted by atomic mass is 16.5. The first-order valence-electron chi connectivity index (χ1n) is 7.13. The molecule has 7 heteroatoms. The van der Waals surface area contributed by atoms with Gasteiger partial charge in [-0.3, -0.25) is 4.79 Å². The summed E-state index contributed by atoms with van der Waals surface area (Å²) in [6.45, 7) is 2.00. The van der Waals surface area contributed by atoms with Crippen LogP contribution in [-0.2, 0) is 11.8 Å². The van der Waals surface area contributed by atoms with Gasteiger partial charge >= 0.3 is 6.09 Å². The summed E-state index contributed by atoms with van der Waals surface area (Å²) in [5, 5.41) is 0. The number of aryl methyl sites for hydroxylation is 1. The summed E-state index contributed by atoms with van der Waals surface area (Å²) >= 11 is 0. The second kappa shape index (κ2) is 5.67. The molecule has 0 N–H and O–H groups in total. The fourth-order valence-electron chi connectivity index (χ4n) is 2.67. The average Bonchev–Trinajstić information content (AvgIpc) is 2.94. The number of carbonyl (C=O) groups is 2. The number of hydrogen-bond donors (Lipinski definition) is 0. The number of hydrogen-bond acceptors (Lipinski definition) is 4. The number of benzene rings is 1. The Morgan fingerprint density at radius 3 is 2.50 bits per heavy atom. The first kappa shape index (κ1) is 14.4. The first-order chi connectivity index (χ1) is 10.6. The molecular formula is C15H18N4O3. The molecule has 2 heterocycles. The monoisotopic (exact) mass is 302 g/mol. The number of imidazole rings is 1. The van der Waals surface area contributed by atoms with Crippen molar-refractivity contribution in [3.8, 4) is 0 Å². The van der Waals surface area contributed by atoms with Crippen LogP contribution in [0.25, 0.3) is 11.0 Å². The van der Waals surface area contributed by atoms with Gasteiger partial charge in [0.15, 0.2) is 0 Å². The molecule has 1 fully saturated rings. The van der Waals surface area contributed by atoms with Crippen LogP contribution in [0.15, 0.2) is 24.5 Å². The van der Waals surface area contributed by atoms with Crippen LogP contribution in [-0.4, -0.2) is 64.6 Å². The van der Waals surface area contributed by atoms with Crippen molar-refractivity contribution in [1.29, 1.82) is 0 Å². The van der Waals surface area contributed by atoms with Crippen LogP contribution in [0.3, 0.4) is 0 Å². The zero-order valence-corrected chi connectivity index (χ0v) is 12.7. The smallest absolute Gasteiger partial charge is 0.409 e. The molecular weight excluding hydrogens is 284 g/mol. The van der Waals surface area contributed by atoms with Gasteiger partial charge in [0.05, 0.1) is 24.5 Å². The van der Waals surface area contributed by atoms with Gasteiger partial charge in [0.2, 0.25) is 0 Å². The Kier molecular flexibility index (Phi) is 3.70. The summed E-state index contributed by atoms with van der Waals surface area (Å²) in [6.07, 6.45) is 1.38. The van der Waals surface area contributed by atoms with Crippen molar-refractivity contribution >= 4 is 23.0 Å². The average molecular weight is 302 g/mol. The molecule has 2 amide bonds. The Bertz CT molecular complexity index is 717. The van der Waals surface area contributed by atoms with Crippen molar-refractivity contribution in [2.45, 2.75) is 0 Å². The van der Waals surface area contributed by atoms with Crippen molar-refractivity contribution in [2.24, 2.45) is 7.05 Å². The molecule has 1 aromatic carbocycles. The summed E-state index contributed by atoms with van der Waals surface area (Å²) in [7, 11) is 3.28. The van der Waals surface area contributed by atoms with Crippen molar-refractivity contribution in [3.63, 3.8) is 0 Å². The molecule has 22 heavy (non-hydrogen) atoms. The molecule has 1 aromatic heterocycles. The lowest BCUT2D eigenvalue weighted by Gasteiger charge is -2.33. The molecule has 1 aliphatic heterocycles. The molecule has 0 atom stereocenters. The molecule has 3 rings (SSSR count). The summed E-state index contributed by atoms with van der Waals surface area (Å²) in [4.78, 5) is 31.6. The maximum absolute atomic E-state index is 12.6. The second-order valence-corrected chi connectivity index (χ2v) is 5.31. The van der Waals surface area contributed by atoms with Crippen LogP contribution >= 0.6 is 0 Å². The van der Waals surface area contributed by atoms with E-state index in [-0.39, 0.29) is 12.0 Å². The van der Waals surface area contributed by atoms with Gasteiger partial charge in [0, 0.05) is 38.8 Å². The highest BCUT2D eigenvalue weighted by Crippen LogP contribution is 2.16. The highest BCUT2D eigenvalue weighted by Gasteiger charge is 2.25. The topological polar surface area (TPSA) is 67.7 Å². The fraction of sp³-hybridized carbons (Fsp3) is 0.400. The Labute approximate surface area is 128 Å². The van der Waals surface area contributed by atoms with Crippen LogP contribution in [0.2, 0.25) is 0 Å². The zero-order chi connectivity index (χ0) is 15.7. The largest absolute Gasteiger partial charge is 0.453 e. The fourth-order valence-corrected chi connectivity index (χ4v) is 2.67. The quantitative estimate of drug-likeness (QED) is 0.791. The van der Waals surface area contributed by atoms with Gasteiger partial charge in [-0.2, -0.15) is 0 Å². The molecule has 0 spiro atoms. The number of nitrogens with zero attached hydrogens (tertiary/aromatic N) is 4. The van der Waals surface area contributed by atoms with E-state index in [1.54, 1.807) is 16.1 Å². The van der Waals surface area contributed by atoms with Gasteiger partial charge in [0.1, 0.15) is 0 Å². The van der Waals surface area contributed by atoms with Crippen LogP contribution in [0.4, 0.5) is 4.79 Å². The van der Waals surface area contributed by atoms with Crippen LogP contribution in [0, 0.1) is 0 Å². The van der Waals surface area contributed by atoms with Gasteiger partial charge in [-0.15, -0.1) is 0 Å². The van der Waals surface area contributed by atoms with Gasteiger partial charge in [-0.25, -0.2) is 9.78 Å². The highest BCUT2D eigenvalue weighted by molar-refractivity contribution is 5.97. The first-order valence-corrected chi connectivity index (χ1v) is 7.13. The third-order valence-corrected chi connectivity index (χ3v) is 3.97. The molecule has 7 nitrogen and oxygen atoms in total. The summed E-state index contributed by atoms with van der Waals surface area (Å²) in [5.41, 5.74) is 2.42. The minimum atomic E-state index is -0.345. The van der Waals surface area contributed by atoms with Crippen molar-refractivity contribution < 1.29 is 14.3 Å². The third-order valence-electron chi connectivity index (χ3n) is 3.97. The SMILES string of the molecule is COC(=O)N1CCN(C(=O)c2ccc3c(c2)ncn3C)CC1. The summed E-state index contributed by atoms with van der Waals surface area (Å²) in [5.74, 6) is -0.0305. The second-order valence-electron chi connectivity index (χ2n) is 5.31. The van der Waals surface area contributed by atoms with E-state index in [0.29, 0.717) is 31.7 Å². The summed E-state index contributed by atoms with van der Waals surface area (Å²) in [6, 6.07) is 5.53. The number of rotatable bonds is 1. The Morgan fingerprint density at radius 2 is 1.82 bits per heavy atom. The van der Waals surface area contributed by atoms with Crippen molar-refractivity contribution in [3.05, 3.63) is 30.1 Å². The lowest BCUT2D eigenvalue weighted by molar-refractivity contribution is 0.0600. The minimum absolute atomic E-state index is 0.0305. The van der Waals surface area contributed by atoms with E-state index in [0.717, 1.165) is 11.0 Å². The van der Waals surface area contributed by atoms with Crippen LogP contribution in [0.1, 0.15) is 10.4 Å². The van der Waals surface area contributed by atoms with Gasteiger partial charge in [-0.1, -0.05) is 0 Å². The van der Waals surface area contributed by atoms with Gasteiger partial charge in [-0.05, 0) is 18.2 Å². The maximum atomic E-state index is 12.6. The van der Waals surface area contributed by atoms with E-state index in [4.69, 9.17) is 4.74 Å². The van der Waals surface area contributed by atoms with E-state index in [1.807, 2.05) is 29.8 Å². The van der Waals surface area contributed by atoms with Gasteiger partial charge in [0.25, 0.3) is 5.91 Å². The number of methoxy groups -OCH3 is 1. The number of piperazine rings is 1. The summed E-state index contributed by atoms with van der Waals surface area (Å²) < 4.78 is 6.61. The predicted molar refractivity (Wildman–Crippen MR) is 80.6 cm³/mol. The van der Waals surface area contributed by atoms with Crippen LogP contribution in [0.5, 0.6) is 0 Å². The predicted octanol–water partition coefficient (Wildman–Crippen LogP) is 1.10. The molecule has 0 saturated carbocycles. The number of fused-ring (bicyclic) bond motifs is 1. The van der Waals surface area contributed by atoms with Crippen LogP contribution < -0.4 is 0 Å². The van der Waals surface area contributed by atoms with Gasteiger partial charge < -0.3 is 19.1 Å². The standard InChI is InChI=1S/C15H18N4O3/c1-17-10-16-12-9-11(3-4-13(12)17)14(20)18-5-7-19(8-6-18)15(21)22-2/h3-4,9-10H,5-8H2,1-2H3. The van der Waals surface area contributed by atoms with E-state index in [2.05, 4.69) is 4.98 Å². The molecule has 0 unspecified atom stereocenters. The zero-order valence-electron chi connectivity index (χ0n) is 12.7.